The zero-order valence-corrected chi connectivity index (χ0v) is 19.5. The lowest BCUT2D eigenvalue weighted by atomic mass is 9.84. The summed E-state index contributed by atoms with van der Waals surface area (Å²) in [5.41, 5.74) is 4.86. The van der Waals surface area contributed by atoms with Gasteiger partial charge in [-0.15, -0.1) is 0 Å². The number of nitrogens with zero attached hydrogens (tertiary/aromatic N) is 2. The summed E-state index contributed by atoms with van der Waals surface area (Å²) >= 11 is 6.10. The summed E-state index contributed by atoms with van der Waals surface area (Å²) in [4.78, 5) is 53.2. The Morgan fingerprint density at radius 3 is 2.57 bits per heavy atom. The van der Waals surface area contributed by atoms with Crippen molar-refractivity contribution in [3.05, 3.63) is 75.2 Å². The number of carbonyl (C=O) groups excluding carboxylic acids is 3. The van der Waals surface area contributed by atoms with Gasteiger partial charge in [0.25, 0.3) is 23.3 Å². The summed E-state index contributed by atoms with van der Waals surface area (Å²) in [6, 6.07) is 12.5. The van der Waals surface area contributed by atoms with Gasteiger partial charge >= 0.3 is 0 Å². The number of nitrogens with one attached hydrogen (secondary N) is 3. The molecule has 0 spiro atoms. The van der Waals surface area contributed by atoms with E-state index in [1.165, 1.54) is 0 Å². The molecule has 3 atom stereocenters. The van der Waals surface area contributed by atoms with Crippen LogP contribution in [0, 0.1) is 5.92 Å². The van der Waals surface area contributed by atoms with E-state index < -0.39 is 23.4 Å². The summed E-state index contributed by atoms with van der Waals surface area (Å²) in [5.74, 6) is -1.17. The number of amides is 3. The number of halogens is 1. The molecule has 0 unspecified atom stereocenters. The first-order chi connectivity index (χ1) is 16.9. The van der Waals surface area contributed by atoms with Crippen LogP contribution in [0.1, 0.15) is 53.0 Å². The Morgan fingerprint density at radius 1 is 1.00 bits per heavy atom. The maximum Gasteiger partial charge on any atom is 0.290 e. The molecule has 1 saturated carbocycles. The van der Waals surface area contributed by atoms with E-state index in [0.717, 1.165) is 25.7 Å². The van der Waals surface area contributed by atoms with Crippen LogP contribution in [0.4, 0.5) is 0 Å². The van der Waals surface area contributed by atoms with Crippen LogP contribution in [0.25, 0.3) is 10.8 Å². The minimum Gasteiger partial charge on any atom is -0.323 e. The van der Waals surface area contributed by atoms with Crippen molar-refractivity contribution in [2.24, 2.45) is 5.92 Å². The van der Waals surface area contributed by atoms with Crippen LogP contribution in [0.15, 0.2) is 53.3 Å². The molecule has 0 radical (unpaired) electrons. The van der Waals surface area contributed by atoms with Crippen molar-refractivity contribution in [1.82, 2.24) is 25.9 Å². The molecular formula is C25H24ClN5O4. The number of aromatic nitrogens is 2. The molecule has 2 fully saturated rings. The Hall–Kier alpha value is -3.72. The Labute approximate surface area is 205 Å². The van der Waals surface area contributed by atoms with Crippen LogP contribution in [0.3, 0.4) is 0 Å². The van der Waals surface area contributed by atoms with Crippen LogP contribution >= 0.6 is 11.6 Å². The van der Waals surface area contributed by atoms with E-state index >= 15 is 0 Å². The smallest absolute Gasteiger partial charge is 0.290 e. The lowest BCUT2D eigenvalue weighted by Crippen LogP contribution is -2.53. The number of benzene rings is 2. The fraction of sp³-hybridized carbons (Fsp3) is 0.320. The highest BCUT2D eigenvalue weighted by atomic mass is 35.5. The van der Waals surface area contributed by atoms with Gasteiger partial charge in [0, 0.05) is 22.0 Å². The van der Waals surface area contributed by atoms with Crippen molar-refractivity contribution in [3.63, 3.8) is 0 Å². The fourth-order valence-corrected chi connectivity index (χ4v) is 5.50. The van der Waals surface area contributed by atoms with E-state index in [2.05, 4.69) is 21.0 Å². The van der Waals surface area contributed by atoms with Gasteiger partial charge in [0.15, 0.2) is 5.69 Å². The van der Waals surface area contributed by atoms with E-state index in [4.69, 9.17) is 11.6 Å². The van der Waals surface area contributed by atoms with Crippen LogP contribution < -0.4 is 16.4 Å². The van der Waals surface area contributed by atoms with Gasteiger partial charge in [-0.3, -0.25) is 30.0 Å². The molecule has 10 heteroatoms. The molecule has 35 heavy (non-hydrogen) atoms. The quantitative estimate of drug-likeness (QED) is 0.484. The second-order valence-corrected chi connectivity index (χ2v) is 9.41. The standard InChI is InChI=1S/C25H24ClN5O4/c26-16-8-5-7-15(12-16)25(35)31-19-11-4-1-6-14(19)13-20(31)23(33)29-30-24(34)21-17-9-2-3-10-18(17)22(32)28-27-21/h2-3,5,7-10,12,14,19-20H,1,4,6,11,13H2,(H,28,32)(H,29,33)(H,30,34)/t14-,19-,20-/m0/s1. The largest absolute Gasteiger partial charge is 0.323 e. The number of hydrogen-bond donors (Lipinski definition) is 3. The van der Waals surface area contributed by atoms with E-state index in [9.17, 15) is 19.2 Å². The van der Waals surface area contributed by atoms with Crippen molar-refractivity contribution in [1.29, 1.82) is 0 Å². The third-order valence-corrected chi connectivity index (χ3v) is 7.14. The van der Waals surface area contributed by atoms with Crippen LogP contribution in [-0.2, 0) is 4.79 Å². The van der Waals surface area contributed by atoms with Gasteiger partial charge in [-0.05, 0) is 49.4 Å². The molecule has 180 valence electrons. The zero-order chi connectivity index (χ0) is 24.5. The molecule has 2 heterocycles. The first kappa shape index (κ1) is 23.0. The topological polar surface area (TPSA) is 124 Å². The summed E-state index contributed by atoms with van der Waals surface area (Å²) in [6.07, 6.45) is 4.37. The van der Waals surface area contributed by atoms with Gasteiger partial charge in [0.2, 0.25) is 0 Å². The predicted octanol–water partition coefficient (Wildman–Crippen LogP) is 2.81. The maximum atomic E-state index is 13.5. The molecule has 3 aromatic rings. The Morgan fingerprint density at radius 2 is 1.77 bits per heavy atom. The maximum absolute atomic E-state index is 13.5. The molecule has 2 aliphatic rings. The molecule has 3 N–H and O–H groups in total. The third kappa shape index (κ3) is 4.39. The fourth-order valence-electron chi connectivity index (χ4n) is 5.31. The summed E-state index contributed by atoms with van der Waals surface area (Å²) < 4.78 is 0. The highest BCUT2D eigenvalue weighted by molar-refractivity contribution is 6.31. The van der Waals surface area contributed by atoms with Crippen molar-refractivity contribution in [3.8, 4) is 0 Å². The Balaban J connectivity index is 1.36. The average Bonchev–Trinajstić information content (AvgIpc) is 3.27. The third-order valence-electron chi connectivity index (χ3n) is 6.91. The van der Waals surface area contributed by atoms with Crippen molar-refractivity contribution < 1.29 is 14.4 Å². The van der Waals surface area contributed by atoms with Crippen molar-refractivity contribution in [2.45, 2.75) is 44.2 Å². The summed E-state index contributed by atoms with van der Waals surface area (Å²) in [6.45, 7) is 0. The summed E-state index contributed by atoms with van der Waals surface area (Å²) in [7, 11) is 0. The van der Waals surface area contributed by atoms with E-state index in [1.54, 1.807) is 53.4 Å². The second-order valence-electron chi connectivity index (χ2n) is 8.98. The molecule has 1 aliphatic carbocycles. The lowest BCUT2D eigenvalue weighted by Gasteiger charge is -2.33. The second kappa shape index (κ2) is 9.50. The van der Waals surface area contributed by atoms with Gasteiger partial charge in [0.05, 0.1) is 5.39 Å². The molecule has 5 rings (SSSR count). The van der Waals surface area contributed by atoms with Crippen LogP contribution in [0.5, 0.6) is 0 Å². The Kier molecular flexibility index (Phi) is 6.25. The number of likely N-dealkylation sites (tertiary alicyclic amines) is 1. The van der Waals surface area contributed by atoms with Gasteiger partial charge in [0.1, 0.15) is 6.04 Å². The van der Waals surface area contributed by atoms with Crippen molar-refractivity contribution in [2.75, 3.05) is 0 Å². The van der Waals surface area contributed by atoms with Crippen LogP contribution in [-0.4, -0.2) is 44.9 Å². The highest BCUT2D eigenvalue weighted by Gasteiger charge is 2.47. The Bertz CT molecular complexity index is 1370. The minimum absolute atomic E-state index is 0.0209. The predicted molar refractivity (Wildman–Crippen MR) is 130 cm³/mol. The molecule has 1 aromatic heterocycles. The molecule has 3 amide bonds. The van der Waals surface area contributed by atoms with Crippen LogP contribution in [0.2, 0.25) is 5.02 Å². The first-order valence-corrected chi connectivity index (χ1v) is 12.0. The number of aromatic amines is 1. The van der Waals surface area contributed by atoms with E-state index in [1.807, 2.05) is 0 Å². The number of H-pyrrole nitrogens is 1. The van der Waals surface area contributed by atoms with Crippen molar-refractivity contribution >= 4 is 40.1 Å². The van der Waals surface area contributed by atoms with Gasteiger partial charge in [-0.2, -0.15) is 5.10 Å². The normalized spacial score (nSPS) is 21.4. The average molecular weight is 494 g/mol. The lowest BCUT2D eigenvalue weighted by molar-refractivity contribution is -0.126. The number of hydrogen-bond acceptors (Lipinski definition) is 5. The number of fused-ring (bicyclic) bond motifs is 2. The minimum atomic E-state index is -0.727. The highest BCUT2D eigenvalue weighted by Crippen LogP contribution is 2.40. The molecule has 1 aliphatic heterocycles. The number of carbonyl (C=O) groups is 3. The molecule has 9 nitrogen and oxygen atoms in total. The number of hydrazine groups is 1. The molecule has 0 bridgehead atoms. The van der Waals surface area contributed by atoms with E-state index in [0.29, 0.717) is 27.8 Å². The SMILES string of the molecule is O=C(NNC(=O)[C@@H]1C[C@@H]2CCCC[C@@H]2N1C(=O)c1cccc(Cl)c1)c1n[nH]c(=O)c2ccccc12. The molecule has 1 saturated heterocycles. The summed E-state index contributed by atoms with van der Waals surface area (Å²) in [5, 5.41) is 7.29. The van der Waals surface area contributed by atoms with Gasteiger partial charge < -0.3 is 4.90 Å². The number of rotatable bonds is 3. The van der Waals surface area contributed by atoms with Gasteiger partial charge in [-0.1, -0.05) is 48.7 Å². The van der Waals surface area contributed by atoms with E-state index in [-0.39, 0.29) is 23.6 Å². The molecule has 2 aromatic carbocycles. The monoisotopic (exact) mass is 493 g/mol. The van der Waals surface area contributed by atoms with Gasteiger partial charge in [-0.25, -0.2) is 5.10 Å². The zero-order valence-electron chi connectivity index (χ0n) is 18.8. The first-order valence-electron chi connectivity index (χ1n) is 11.6. The molecular weight excluding hydrogens is 470 g/mol.